The van der Waals surface area contributed by atoms with Crippen molar-refractivity contribution in [3.63, 3.8) is 0 Å². The van der Waals surface area contributed by atoms with E-state index in [2.05, 4.69) is 36.2 Å². The molecule has 4 rings (SSSR count). The fraction of sp³-hybridized carbons (Fsp3) is 0.250. The summed E-state index contributed by atoms with van der Waals surface area (Å²) < 4.78 is 6.79. The van der Waals surface area contributed by atoms with E-state index in [0.29, 0.717) is 19.0 Å². The minimum absolute atomic E-state index is 0.183. The summed E-state index contributed by atoms with van der Waals surface area (Å²) in [6.07, 6.45) is 0. The van der Waals surface area contributed by atoms with E-state index in [1.54, 1.807) is 0 Å². The first-order valence-electron chi connectivity index (χ1n) is 7.33. The molecule has 7 heteroatoms. The number of hydrogen-bond acceptors (Lipinski definition) is 5. The number of anilines is 1. The average Bonchev–Trinajstić information content (AvgIpc) is 2.75. The molecule has 6 nitrogen and oxygen atoms in total. The number of hydrogen-bond donors (Lipinski definition) is 3. The summed E-state index contributed by atoms with van der Waals surface area (Å²) in [6, 6.07) is 5.90. The number of aromatic amines is 1. The Kier molecular flexibility index (Phi) is 3.46. The Labute approximate surface area is 141 Å². The molecule has 0 atom stereocenters. The number of nitrogens with zero attached hydrogens (tertiary/aromatic N) is 2. The predicted octanol–water partition coefficient (Wildman–Crippen LogP) is 2.99. The van der Waals surface area contributed by atoms with Gasteiger partial charge >= 0.3 is 0 Å². The fourth-order valence-electron chi connectivity index (χ4n) is 2.91. The first-order chi connectivity index (χ1) is 11.2. The van der Waals surface area contributed by atoms with Crippen LogP contribution in [0.15, 0.2) is 22.7 Å². The molecule has 0 radical (unpaired) electrons. The lowest BCUT2D eigenvalue weighted by Gasteiger charge is -2.07. The summed E-state index contributed by atoms with van der Waals surface area (Å²) in [6.45, 7) is 3.02. The molecule has 1 aliphatic rings. The van der Waals surface area contributed by atoms with Gasteiger partial charge in [0.2, 0.25) is 0 Å². The van der Waals surface area contributed by atoms with Crippen LogP contribution in [0.2, 0.25) is 0 Å². The van der Waals surface area contributed by atoms with E-state index in [-0.39, 0.29) is 6.61 Å². The van der Waals surface area contributed by atoms with E-state index in [9.17, 15) is 5.11 Å². The van der Waals surface area contributed by atoms with Crippen molar-refractivity contribution >= 4 is 32.5 Å². The van der Waals surface area contributed by atoms with Crippen LogP contribution < -0.4 is 10.1 Å². The van der Waals surface area contributed by atoms with Crippen LogP contribution in [-0.2, 0) is 6.61 Å². The molecule has 0 bridgehead atoms. The Hall–Kier alpha value is -2.12. The maximum atomic E-state index is 9.36. The highest BCUT2D eigenvalue weighted by Gasteiger charge is 2.21. The molecule has 3 aromatic rings. The van der Waals surface area contributed by atoms with Crippen molar-refractivity contribution in [2.24, 2.45) is 0 Å². The maximum absolute atomic E-state index is 9.36. The molecule has 0 spiro atoms. The number of benzene rings is 1. The summed E-state index contributed by atoms with van der Waals surface area (Å²) in [4.78, 5) is 12.1. The van der Waals surface area contributed by atoms with Gasteiger partial charge in [-0.25, -0.2) is 9.97 Å². The van der Waals surface area contributed by atoms with Crippen LogP contribution in [0.4, 0.5) is 5.69 Å². The van der Waals surface area contributed by atoms with E-state index in [4.69, 9.17) is 4.74 Å². The number of halogens is 1. The molecule has 1 aliphatic heterocycles. The second kappa shape index (κ2) is 5.50. The fourth-order valence-corrected chi connectivity index (χ4v) is 3.35. The first kappa shape index (κ1) is 14.5. The molecule has 2 aromatic heterocycles. The minimum atomic E-state index is -0.183. The van der Waals surface area contributed by atoms with Crippen LogP contribution in [-0.4, -0.2) is 33.2 Å². The van der Waals surface area contributed by atoms with Crippen molar-refractivity contribution in [3.05, 3.63) is 34.2 Å². The molecular weight excluding hydrogens is 360 g/mol. The zero-order valence-electron chi connectivity index (χ0n) is 12.5. The lowest BCUT2D eigenvalue weighted by atomic mass is 10.1. The molecule has 0 saturated heterocycles. The number of aliphatic hydroxyl groups is 1. The van der Waals surface area contributed by atoms with Crippen LogP contribution >= 0.6 is 15.9 Å². The normalized spacial score (nSPS) is 13.5. The van der Waals surface area contributed by atoms with Crippen molar-refractivity contribution in [3.8, 4) is 17.1 Å². The minimum Gasteiger partial charge on any atom is -0.491 e. The molecule has 118 valence electrons. The summed E-state index contributed by atoms with van der Waals surface area (Å²) in [5.41, 5.74) is 4.39. The third-order valence-electron chi connectivity index (χ3n) is 3.79. The molecule has 0 amide bonds. The summed E-state index contributed by atoms with van der Waals surface area (Å²) in [5, 5.41) is 13.8. The van der Waals surface area contributed by atoms with Gasteiger partial charge in [-0.05, 0) is 25.1 Å². The highest BCUT2D eigenvalue weighted by molar-refractivity contribution is 9.10. The second-order valence-electron chi connectivity index (χ2n) is 5.45. The SMILES string of the molecule is Cc1cc(-c2[nH]c3cc(Br)cc4c3c2NCCO4)nc(CO)n1. The smallest absolute Gasteiger partial charge is 0.154 e. The summed E-state index contributed by atoms with van der Waals surface area (Å²) in [7, 11) is 0. The molecule has 0 unspecified atom stereocenters. The Morgan fingerprint density at radius 3 is 3.00 bits per heavy atom. The van der Waals surface area contributed by atoms with E-state index < -0.39 is 0 Å². The van der Waals surface area contributed by atoms with Gasteiger partial charge in [0, 0.05) is 16.7 Å². The van der Waals surface area contributed by atoms with Gasteiger partial charge in [0.05, 0.1) is 28.0 Å². The lowest BCUT2D eigenvalue weighted by Crippen LogP contribution is -2.09. The van der Waals surface area contributed by atoms with Crippen LogP contribution in [0.3, 0.4) is 0 Å². The topological polar surface area (TPSA) is 83.1 Å². The van der Waals surface area contributed by atoms with Crippen molar-refractivity contribution in [1.29, 1.82) is 0 Å². The van der Waals surface area contributed by atoms with Gasteiger partial charge in [0.1, 0.15) is 19.0 Å². The van der Waals surface area contributed by atoms with Crippen LogP contribution in [0.5, 0.6) is 5.75 Å². The summed E-state index contributed by atoms with van der Waals surface area (Å²) >= 11 is 3.52. The number of nitrogens with one attached hydrogen (secondary N) is 2. The van der Waals surface area contributed by atoms with Crippen LogP contribution in [0, 0.1) is 6.92 Å². The second-order valence-corrected chi connectivity index (χ2v) is 6.36. The number of aryl methyl sites for hydroxylation is 1. The van der Waals surface area contributed by atoms with E-state index in [0.717, 1.165) is 43.9 Å². The van der Waals surface area contributed by atoms with Crippen molar-refractivity contribution in [2.45, 2.75) is 13.5 Å². The van der Waals surface area contributed by atoms with Gasteiger partial charge in [-0.3, -0.25) is 0 Å². The third-order valence-corrected chi connectivity index (χ3v) is 4.24. The highest BCUT2D eigenvalue weighted by Crippen LogP contribution is 2.42. The van der Waals surface area contributed by atoms with Crippen LogP contribution in [0.1, 0.15) is 11.5 Å². The Balaban J connectivity index is 2.00. The van der Waals surface area contributed by atoms with Gasteiger partial charge in [-0.15, -0.1) is 0 Å². The summed E-state index contributed by atoms with van der Waals surface area (Å²) in [5.74, 6) is 1.25. The zero-order chi connectivity index (χ0) is 16.0. The van der Waals surface area contributed by atoms with E-state index in [1.807, 2.05) is 25.1 Å². The Bertz CT molecular complexity index is 907. The highest BCUT2D eigenvalue weighted by atomic mass is 79.9. The number of ether oxygens (including phenoxy) is 1. The van der Waals surface area contributed by atoms with E-state index in [1.165, 1.54) is 0 Å². The quantitative estimate of drug-likeness (QED) is 0.642. The van der Waals surface area contributed by atoms with Gasteiger partial charge in [0.15, 0.2) is 5.82 Å². The standard InChI is InChI=1S/C16H15BrN4O2/c1-8-4-11(20-13(7-22)19-8)15-16-14-10(21-15)5-9(17)6-12(14)23-3-2-18-16/h4-6,18,21-22H,2-3,7H2,1H3. The van der Waals surface area contributed by atoms with Crippen molar-refractivity contribution < 1.29 is 9.84 Å². The Morgan fingerprint density at radius 1 is 1.30 bits per heavy atom. The first-order valence-corrected chi connectivity index (χ1v) is 8.12. The molecule has 3 N–H and O–H groups in total. The Morgan fingerprint density at radius 2 is 2.17 bits per heavy atom. The van der Waals surface area contributed by atoms with Crippen LogP contribution in [0.25, 0.3) is 22.3 Å². The molecule has 0 aliphatic carbocycles. The largest absolute Gasteiger partial charge is 0.491 e. The van der Waals surface area contributed by atoms with Crippen molar-refractivity contribution in [2.75, 3.05) is 18.5 Å². The predicted molar refractivity (Wildman–Crippen MR) is 91.7 cm³/mol. The molecule has 1 aromatic carbocycles. The molecule has 0 fully saturated rings. The number of aliphatic hydroxyl groups excluding tert-OH is 1. The van der Waals surface area contributed by atoms with Gasteiger partial charge in [-0.2, -0.15) is 0 Å². The number of aromatic nitrogens is 3. The molecular formula is C16H15BrN4O2. The third kappa shape index (κ3) is 2.46. The monoisotopic (exact) mass is 374 g/mol. The van der Waals surface area contributed by atoms with Gasteiger partial charge < -0.3 is 20.1 Å². The lowest BCUT2D eigenvalue weighted by molar-refractivity contribution is 0.271. The zero-order valence-corrected chi connectivity index (χ0v) is 14.1. The molecule has 23 heavy (non-hydrogen) atoms. The van der Waals surface area contributed by atoms with Crippen molar-refractivity contribution in [1.82, 2.24) is 15.0 Å². The van der Waals surface area contributed by atoms with Gasteiger partial charge in [-0.1, -0.05) is 15.9 Å². The average molecular weight is 375 g/mol. The molecule has 3 heterocycles. The van der Waals surface area contributed by atoms with E-state index >= 15 is 0 Å². The number of rotatable bonds is 2. The number of H-pyrrole nitrogens is 1. The van der Waals surface area contributed by atoms with Gasteiger partial charge in [0.25, 0.3) is 0 Å². The maximum Gasteiger partial charge on any atom is 0.154 e. The molecule has 0 saturated carbocycles.